The van der Waals surface area contributed by atoms with Crippen molar-refractivity contribution in [3.8, 4) is 0 Å². The molecule has 1 aromatic heterocycles. The number of rotatable bonds is 4. The predicted octanol–water partition coefficient (Wildman–Crippen LogP) is 4.18. The van der Waals surface area contributed by atoms with E-state index in [1.165, 1.54) is 11.3 Å². The Bertz CT molecular complexity index is 541. The highest BCUT2D eigenvalue weighted by Crippen LogP contribution is 2.43. The smallest absolute Gasteiger partial charge is 0.308 e. The second-order valence-corrected chi connectivity index (χ2v) is 8.18. The first-order chi connectivity index (χ1) is 9.81. The summed E-state index contributed by atoms with van der Waals surface area (Å²) in [6.07, 6.45) is 0.668. The molecule has 0 radical (unpaired) electrons. The number of piperidine rings is 1. The summed E-state index contributed by atoms with van der Waals surface area (Å²) in [5.74, 6) is -1.14. The van der Waals surface area contributed by atoms with Gasteiger partial charge in [-0.25, -0.2) is 0 Å². The Morgan fingerprint density at radius 3 is 2.76 bits per heavy atom. The summed E-state index contributed by atoms with van der Waals surface area (Å²) in [4.78, 5) is 26.4. The second-order valence-electron chi connectivity index (χ2n) is 5.64. The van der Waals surface area contributed by atoms with Crippen LogP contribution in [0.2, 0.25) is 4.34 Å². The summed E-state index contributed by atoms with van der Waals surface area (Å²) in [6, 6.07) is 1.40. The van der Waals surface area contributed by atoms with Crippen molar-refractivity contribution < 1.29 is 14.7 Å². The van der Waals surface area contributed by atoms with E-state index >= 15 is 0 Å². The molecule has 1 aromatic rings. The van der Waals surface area contributed by atoms with Gasteiger partial charge in [0.2, 0.25) is 5.91 Å². The monoisotopic (exact) mass is 393 g/mol. The molecule has 1 aliphatic rings. The number of carboxylic acid groups (broad SMARTS) is 1. The van der Waals surface area contributed by atoms with Crippen molar-refractivity contribution in [1.29, 1.82) is 0 Å². The highest BCUT2D eigenvalue weighted by atomic mass is 79.9. The van der Waals surface area contributed by atoms with Gasteiger partial charge in [0.1, 0.15) is 4.34 Å². The molecule has 2 heterocycles. The number of amides is 1. The molecule has 2 atom stereocenters. The minimum atomic E-state index is -0.859. The lowest BCUT2D eigenvalue weighted by molar-refractivity contribution is -0.152. The van der Waals surface area contributed by atoms with Gasteiger partial charge in [-0.1, -0.05) is 25.4 Å². The molecular weight excluding hydrogens is 378 g/mol. The quantitative estimate of drug-likeness (QED) is 0.833. The van der Waals surface area contributed by atoms with Crippen LogP contribution in [-0.2, 0) is 9.59 Å². The highest BCUT2D eigenvalue weighted by Gasteiger charge is 2.41. The lowest BCUT2D eigenvalue weighted by Gasteiger charge is -2.40. The number of thiophene rings is 1. The van der Waals surface area contributed by atoms with E-state index in [-0.39, 0.29) is 11.8 Å². The zero-order valence-electron chi connectivity index (χ0n) is 11.8. The number of carbonyl (C=O) groups excluding carboxylic acids is 1. The second kappa shape index (κ2) is 6.67. The Balaban J connectivity index is 2.43. The largest absolute Gasteiger partial charge is 0.481 e. The molecule has 1 saturated heterocycles. The number of likely N-dealkylation sites (tertiary alicyclic amines) is 1. The fourth-order valence-electron chi connectivity index (χ4n) is 2.68. The molecule has 1 amide bonds. The van der Waals surface area contributed by atoms with Crippen LogP contribution in [0.3, 0.4) is 0 Å². The molecule has 0 bridgehead atoms. The Morgan fingerprint density at radius 1 is 1.62 bits per heavy atom. The van der Waals surface area contributed by atoms with Gasteiger partial charge < -0.3 is 10.0 Å². The van der Waals surface area contributed by atoms with Gasteiger partial charge in [-0.3, -0.25) is 9.59 Å². The molecule has 1 N–H and O–H groups in total. The van der Waals surface area contributed by atoms with Crippen LogP contribution in [0.4, 0.5) is 0 Å². The number of hydrogen-bond donors (Lipinski definition) is 1. The van der Waals surface area contributed by atoms with Crippen LogP contribution in [0.1, 0.15) is 37.6 Å². The molecule has 21 heavy (non-hydrogen) atoms. The summed E-state index contributed by atoms with van der Waals surface area (Å²) >= 11 is 10.8. The van der Waals surface area contributed by atoms with Crippen LogP contribution in [0, 0.1) is 11.8 Å². The molecule has 1 aliphatic heterocycles. The van der Waals surface area contributed by atoms with Crippen molar-refractivity contribution in [2.24, 2.45) is 11.8 Å². The molecule has 2 unspecified atom stereocenters. The zero-order chi connectivity index (χ0) is 15.7. The zero-order valence-corrected chi connectivity index (χ0v) is 15.0. The number of carbonyl (C=O) groups is 2. The van der Waals surface area contributed by atoms with E-state index < -0.39 is 17.9 Å². The van der Waals surface area contributed by atoms with Crippen molar-refractivity contribution >= 4 is 50.7 Å². The molecule has 2 rings (SSSR count). The van der Waals surface area contributed by atoms with Crippen molar-refractivity contribution in [3.05, 3.63) is 19.8 Å². The van der Waals surface area contributed by atoms with Gasteiger partial charge in [0, 0.05) is 22.3 Å². The van der Waals surface area contributed by atoms with E-state index in [9.17, 15) is 14.7 Å². The normalized spacial score (nSPS) is 22.9. The first-order valence-corrected chi connectivity index (χ1v) is 8.77. The van der Waals surface area contributed by atoms with Gasteiger partial charge in [0.05, 0.1) is 12.0 Å². The Labute approximate surface area is 141 Å². The maximum absolute atomic E-state index is 12.3. The fourth-order valence-corrected chi connectivity index (χ4v) is 4.60. The van der Waals surface area contributed by atoms with Gasteiger partial charge in [0.15, 0.2) is 0 Å². The number of halogens is 2. The van der Waals surface area contributed by atoms with E-state index in [1.54, 1.807) is 4.90 Å². The van der Waals surface area contributed by atoms with E-state index in [0.717, 1.165) is 9.35 Å². The summed E-state index contributed by atoms with van der Waals surface area (Å²) in [6.45, 7) is 4.60. The predicted molar refractivity (Wildman–Crippen MR) is 86.7 cm³/mol. The Hall–Kier alpha value is -0.590. The van der Waals surface area contributed by atoms with Crippen molar-refractivity contribution in [2.75, 3.05) is 6.54 Å². The van der Waals surface area contributed by atoms with Gasteiger partial charge in [-0.05, 0) is 34.3 Å². The molecule has 0 saturated carbocycles. The third-order valence-corrected chi connectivity index (χ3v) is 6.09. The molecule has 0 aliphatic carbocycles. The SMILES string of the molecule is CC(C)CN1C(=O)CCC(C(=O)O)C1c1cc(Br)c(Cl)s1. The van der Waals surface area contributed by atoms with Crippen LogP contribution in [0.15, 0.2) is 10.5 Å². The highest BCUT2D eigenvalue weighted by molar-refractivity contribution is 9.10. The lowest BCUT2D eigenvalue weighted by Crippen LogP contribution is -2.46. The average molecular weight is 395 g/mol. The minimum absolute atomic E-state index is 0.0202. The topological polar surface area (TPSA) is 57.6 Å². The first-order valence-electron chi connectivity index (χ1n) is 6.78. The summed E-state index contributed by atoms with van der Waals surface area (Å²) < 4.78 is 1.33. The summed E-state index contributed by atoms with van der Waals surface area (Å²) in [7, 11) is 0. The van der Waals surface area contributed by atoms with E-state index in [0.29, 0.717) is 23.7 Å². The molecule has 1 fully saturated rings. The van der Waals surface area contributed by atoms with Crippen LogP contribution in [0.5, 0.6) is 0 Å². The van der Waals surface area contributed by atoms with Gasteiger partial charge in [-0.15, -0.1) is 11.3 Å². The van der Waals surface area contributed by atoms with Gasteiger partial charge in [0.25, 0.3) is 0 Å². The van der Waals surface area contributed by atoms with Crippen molar-refractivity contribution in [2.45, 2.75) is 32.7 Å². The molecule has 116 valence electrons. The Morgan fingerprint density at radius 2 is 2.29 bits per heavy atom. The number of carboxylic acids is 1. The molecule has 0 aromatic carbocycles. The average Bonchev–Trinajstić information content (AvgIpc) is 2.70. The summed E-state index contributed by atoms with van der Waals surface area (Å²) in [5, 5.41) is 9.51. The molecule has 0 spiro atoms. The molecule has 7 heteroatoms. The van der Waals surface area contributed by atoms with E-state index in [2.05, 4.69) is 15.9 Å². The maximum atomic E-state index is 12.3. The van der Waals surface area contributed by atoms with Gasteiger partial charge in [-0.2, -0.15) is 0 Å². The van der Waals surface area contributed by atoms with Crippen molar-refractivity contribution in [3.63, 3.8) is 0 Å². The van der Waals surface area contributed by atoms with Crippen LogP contribution in [-0.4, -0.2) is 28.4 Å². The van der Waals surface area contributed by atoms with Crippen LogP contribution in [0.25, 0.3) is 0 Å². The van der Waals surface area contributed by atoms with E-state index in [1.807, 2.05) is 19.9 Å². The molecular formula is C14H17BrClNO3S. The standard InChI is InChI=1S/C14H17BrClNO3S/c1-7(2)6-17-11(18)4-3-8(14(19)20)12(17)10-5-9(15)13(16)21-10/h5,7-8,12H,3-4,6H2,1-2H3,(H,19,20). The first kappa shape index (κ1) is 16.8. The molecule has 4 nitrogen and oxygen atoms in total. The van der Waals surface area contributed by atoms with Crippen LogP contribution < -0.4 is 0 Å². The van der Waals surface area contributed by atoms with Crippen molar-refractivity contribution in [1.82, 2.24) is 4.90 Å². The number of hydrogen-bond acceptors (Lipinski definition) is 3. The third kappa shape index (κ3) is 3.60. The maximum Gasteiger partial charge on any atom is 0.308 e. The minimum Gasteiger partial charge on any atom is -0.481 e. The fraction of sp³-hybridized carbons (Fsp3) is 0.571. The Kier molecular flexibility index (Phi) is 5.33. The third-order valence-electron chi connectivity index (χ3n) is 3.54. The van der Waals surface area contributed by atoms with Crippen LogP contribution >= 0.6 is 38.9 Å². The van der Waals surface area contributed by atoms with E-state index in [4.69, 9.17) is 11.6 Å². The number of aliphatic carboxylic acids is 1. The van der Waals surface area contributed by atoms with Gasteiger partial charge >= 0.3 is 5.97 Å². The lowest BCUT2D eigenvalue weighted by atomic mass is 9.87. The number of nitrogens with zero attached hydrogens (tertiary/aromatic N) is 1. The summed E-state index contributed by atoms with van der Waals surface area (Å²) in [5.41, 5.74) is 0.